The topological polar surface area (TPSA) is 56.1 Å². The first kappa shape index (κ1) is 20.8. The van der Waals surface area contributed by atoms with Gasteiger partial charge in [-0.1, -0.05) is 32.0 Å². The maximum Gasteiger partial charge on any atom is 0.320 e. The number of fused-ring (bicyclic) bond motifs is 1. The molecule has 1 atom stereocenters. The summed E-state index contributed by atoms with van der Waals surface area (Å²) in [5.41, 5.74) is 3.11. The first-order chi connectivity index (χ1) is 13.8. The zero-order valence-corrected chi connectivity index (χ0v) is 16.9. The zero-order valence-electron chi connectivity index (χ0n) is 16.9. The van der Waals surface area contributed by atoms with Gasteiger partial charge in [0.1, 0.15) is 11.6 Å². The van der Waals surface area contributed by atoms with Crippen molar-refractivity contribution in [2.45, 2.75) is 46.2 Å². The minimum atomic E-state index is -2.75. The van der Waals surface area contributed by atoms with Gasteiger partial charge in [-0.2, -0.15) is 8.78 Å². The summed E-state index contributed by atoms with van der Waals surface area (Å²) in [7, 11) is 0. The summed E-state index contributed by atoms with van der Waals surface area (Å²) in [5.74, 6) is 0.694. The molecule has 0 aliphatic rings. The number of carbonyl (C=O) groups is 1. The van der Waals surface area contributed by atoms with Gasteiger partial charge in [0.15, 0.2) is 6.61 Å². The molecule has 0 saturated carbocycles. The van der Waals surface area contributed by atoms with Crippen LogP contribution in [0, 0.1) is 6.92 Å². The highest BCUT2D eigenvalue weighted by Crippen LogP contribution is 2.27. The molecular weight excluding hydrogens is 376 g/mol. The van der Waals surface area contributed by atoms with Crippen LogP contribution in [0.4, 0.5) is 8.78 Å². The fourth-order valence-electron chi connectivity index (χ4n) is 3.46. The Kier molecular flexibility index (Phi) is 6.15. The number of aromatic nitrogens is 2. The lowest BCUT2D eigenvalue weighted by Gasteiger charge is -2.16. The van der Waals surface area contributed by atoms with Crippen molar-refractivity contribution in [3.05, 3.63) is 59.4 Å². The molecular formula is C22H25F2N3O2. The second kappa shape index (κ2) is 8.59. The van der Waals surface area contributed by atoms with E-state index in [4.69, 9.17) is 4.74 Å². The summed E-state index contributed by atoms with van der Waals surface area (Å²) in [6.07, 6.45) is 0. The van der Waals surface area contributed by atoms with Gasteiger partial charge in [0, 0.05) is 0 Å². The Labute approximate surface area is 168 Å². The van der Waals surface area contributed by atoms with E-state index in [1.54, 1.807) is 31.2 Å². The lowest BCUT2D eigenvalue weighted by atomic mass is 9.98. The van der Waals surface area contributed by atoms with Crippen LogP contribution in [-0.4, -0.2) is 22.1 Å². The van der Waals surface area contributed by atoms with E-state index in [9.17, 15) is 13.6 Å². The molecule has 0 aliphatic heterocycles. The van der Waals surface area contributed by atoms with E-state index in [1.807, 2.05) is 25.1 Å². The lowest BCUT2D eigenvalue weighted by molar-refractivity contribution is -0.123. The van der Waals surface area contributed by atoms with E-state index < -0.39 is 18.5 Å². The van der Waals surface area contributed by atoms with Crippen molar-refractivity contribution in [1.82, 2.24) is 14.9 Å². The van der Waals surface area contributed by atoms with Crippen molar-refractivity contribution in [2.24, 2.45) is 0 Å². The molecule has 29 heavy (non-hydrogen) atoms. The Morgan fingerprint density at radius 3 is 2.55 bits per heavy atom. The number of para-hydroxylation sites is 2. The van der Waals surface area contributed by atoms with Crippen LogP contribution in [0.15, 0.2) is 42.5 Å². The van der Waals surface area contributed by atoms with Crippen LogP contribution in [0.25, 0.3) is 11.0 Å². The van der Waals surface area contributed by atoms with Crippen LogP contribution < -0.4 is 10.1 Å². The number of halogens is 2. The van der Waals surface area contributed by atoms with Crippen LogP contribution in [0.5, 0.6) is 5.75 Å². The van der Waals surface area contributed by atoms with Crippen LogP contribution in [0.3, 0.4) is 0 Å². The fourth-order valence-corrected chi connectivity index (χ4v) is 3.46. The molecule has 1 aromatic heterocycles. The Morgan fingerprint density at radius 1 is 1.17 bits per heavy atom. The van der Waals surface area contributed by atoms with E-state index in [-0.39, 0.29) is 12.4 Å². The van der Waals surface area contributed by atoms with Gasteiger partial charge in [-0.25, -0.2) is 4.98 Å². The molecule has 0 bridgehead atoms. The van der Waals surface area contributed by atoms with Crippen LogP contribution in [0.1, 0.15) is 56.2 Å². The summed E-state index contributed by atoms with van der Waals surface area (Å²) in [4.78, 5) is 16.6. The maximum absolute atomic E-state index is 13.6. The van der Waals surface area contributed by atoms with E-state index in [1.165, 1.54) is 5.56 Å². The van der Waals surface area contributed by atoms with Gasteiger partial charge in [0.05, 0.1) is 17.1 Å². The number of alkyl halides is 2. The smallest absolute Gasteiger partial charge is 0.320 e. The summed E-state index contributed by atoms with van der Waals surface area (Å²) in [6, 6.07) is 11.7. The van der Waals surface area contributed by atoms with Crippen LogP contribution in [-0.2, 0) is 4.79 Å². The van der Waals surface area contributed by atoms with Gasteiger partial charge in [0.25, 0.3) is 5.91 Å². The van der Waals surface area contributed by atoms with E-state index >= 15 is 0 Å². The average molecular weight is 401 g/mol. The Balaban J connectivity index is 1.68. The average Bonchev–Trinajstić information content (AvgIpc) is 3.06. The molecule has 2 aromatic carbocycles. The second-order valence-electron chi connectivity index (χ2n) is 7.36. The Bertz CT molecular complexity index is 1010. The van der Waals surface area contributed by atoms with Crippen molar-refractivity contribution in [3.8, 4) is 5.75 Å². The molecule has 1 amide bonds. The predicted octanol–water partition coefficient (Wildman–Crippen LogP) is 5.12. The number of benzene rings is 2. The highest BCUT2D eigenvalue weighted by Gasteiger charge is 2.23. The van der Waals surface area contributed by atoms with Crippen LogP contribution in [0.2, 0.25) is 0 Å². The molecule has 0 fully saturated rings. The molecule has 1 heterocycles. The third-order valence-corrected chi connectivity index (χ3v) is 4.82. The molecule has 3 rings (SSSR count). The molecule has 7 heteroatoms. The predicted molar refractivity (Wildman–Crippen MR) is 108 cm³/mol. The number of rotatable bonds is 7. The van der Waals surface area contributed by atoms with Gasteiger partial charge in [-0.3, -0.25) is 9.36 Å². The summed E-state index contributed by atoms with van der Waals surface area (Å²) in [6.45, 7) is 4.89. The highest BCUT2D eigenvalue weighted by molar-refractivity contribution is 5.79. The van der Waals surface area contributed by atoms with Gasteiger partial charge in [0.2, 0.25) is 0 Å². The molecule has 0 saturated heterocycles. The largest absolute Gasteiger partial charge is 0.484 e. The van der Waals surface area contributed by atoms with Crippen molar-refractivity contribution in [3.63, 3.8) is 0 Å². The number of ether oxygens (including phenoxy) is 1. The number of aryl methyl sites for hydroxylation is 1. The lowest BCUT2D eigenvalue weighted by Crippen LogP contribution is -2.32. The van der Waals surface area contributed by atoms with E-state index in [0.29, 0.717) is 22.7 Å². The van der Waals surface area contributed by atoms with Crippen molar-refractivity contribution in [1.29, 1.82) is 0 Å². The number of nitrogens with one attached hydrogen (secondary N) is 1. The molecule has 3 aromatic rings. The second-order valence-corrected chi connectivity index (χ2v) is 7.36. The van der Waals surface area contributed by atoms with Gasteiger partial charge in [-0.05, 0) is 55.2 Å². The summed E-state index contributed by atoms with van der Waals surface area (Å²) in [5, 5.41) is 2.69. The third kappa shape index (κ3) is 4.55. The normalized spacial score (nSPS) is 12.6. The minimum absolute atomic E-state index is 0.103. The fraction of sp³-hybridized carbons (Fsp3) is 0.364. The molecule has 154 valence electrons. The van der Waals surface area contributed by atoms with E-state index in [0.717, 1.165) is 10.1 Å². The monoisotopic (exact) mass is 401 g/mol. The first-order valence-electron chi connectivity index (χ1n) is 9.55. The number of hydrogen-bond acceptors (Lipinski definition) is 3. The number of amides is 1. The molecule has 1 unspecified atom stereocenters. The molecule has 0 radical (unpaired) electrons. The van der Waals surface area contributed by atoms with Crippen molar-refractivity contribution in [2.75, 3.05) is 6.61 Å². The van der Waals surface area contributed by atoms with Crippen molar-refractivity contribution >= 4 is 16.9 Å². The third-order valence-electron chi connectivity index (χ3n) is 4.82. The standard InChI is InChI=1S/C22H25F2N3O2/c1-13(2)17-10-9-16(11-14(17)3)29-12-20(28)25-15(4)21-26-18-7-5-6-8-19(18)27(21)22(23)24/h5-11,13,15,22H,12H2,1-4H3,(H,25,28). The number of hydrogen-bond donors (Lipinski definition) is 1. The Hall–Kier alpha value is -2.96. The minimum Gasteiger partial charge on any atom is -0.484 e. The van der Waals surface area contributed by atoms with Crippen molar-refractivity contribution < 1.29 is 18.3 Å². The summed E-state index contributed by atoms with van der Waals surface area (Å²) >= 11 is 0. The molecule has 5 nitrogen and oxygen atoms in total. The first-order valence-corrected chi connectivity index (χ1v) is 9.55. The van der Waals surface area contributed by atoms with Gasteiger partial charge in [-0.15, -0.1) is 0 Å². The molecule has 0 spiro atoms. The number of nitrogens with zero attached hydrogens (tertiary/aromatic N) is 2. The SMILES string of the molecule is Cc1cc(OCC(=O)NC(C)c2nc3ccccc3n2C(F)F)ccc1C(C)C. The maximum atomic E-state index is 13.6. The van der Waals surface area contributed by atoms with Gasteiger partial charge < -0.3 is 10.1 Å². The number of carbonyl (C=O) groups excluding carboxylic acids is 1. The quantitative estimate of drug-likeness (QED) is 0.598. The Morgan fingerprint density at radius 2 is 1.90 bits per heavy atom. The summed E-state index contributed by atoms with van der Waals surface area (Å²) < 4.78 is 33.6. The zero-order chi connectivity index (χ0) is 21.1. The highest BCUT2D eigenvalue weighted by atomic mass is 19.3. The van der Waals surface area contributed by atoms with Gasteiger partial charge >= 0.3 is 6.55 Å². The number of imidazole rings is 1. The molecule has 0 aliphatic carbocycles. The van der Waals surface area contributed by atoms with E-state index in [2.05, 4.69) is 24.1 Å². The molecule has 1 N–H and O–H groups in total. The van der Waals surface area contributed by atoms with Crippen LogP contribution >= 0.6 is 0 Å².